The Balaban J connectivity index is 2.15. The maximum atomic E-state index is 12.1. The van der Waals surface area contributed by atoms with Crippen LogP contribution in [-0.2, 0) is 11.8 Å². The SMILES string of the molecule is CC1CN(C(=O)c2nn(C)cc2N)CCO1. The summed E-state index contributed by atoms with van der Waals surface area (Å²) in [5.74, 6) is -0.117. The maximum absolute atomic E-state index is 12.1. The summed E-state index contributed by atoms with van der Waals surface area (Å²) in [6, 6.07) is 0. The summed E-state index contributed by atoms with van der Waals surface area (Å²) >= 11 is 0. The number of aromatic nitrogens is 2. The standard InChI is InChI=1S/C10H16N4O2/c1-7-5-14(3-4-16-7)10(15)9-8(11)6-13(2)12-9/h6-7H,3-5,11H2,1-2H3. The van der Waals surface area contributed by atoms with Gasteiger partial charge in [0.15, 0.2) is 5.69 Å². The third-order valence-corrected chi connectivity index (χ3v) is 2.59. The average molecular weight is 224 g/mol. The van der Waals surface area contributed by atoms with Crippen molar-refractivity contribution >= 4 is 11.6 Å². The number of nitrogens with zero attached hydrogens (tertiary/aromatic N) is 3. The summed E-state index contributed by atoms with van der Waals surface area (Å²) in [6.07, 6.45) is 1.71. The van der Waals surface area contributed by atoms with E-state index in [0.29, 0.717) is 31.1 Å². The third kappa shape index (κ3) is 2.01. The maximum Gasteiger partial charge on any atom is 0.276 e. The van der Waals surface area contributed by atoms with Crippen molar-refractivity contribution in [3.63, 3.8) is 0 Å². The topological polar surface area (TPSA) is 73.4 Å². The first kappa shape index (κ1) is 10.9. The molecule has 0 aliphatic carbocycles. The largest absolute Gasteiger partial charge is 0.396 e. The molecule has 0 radical (unpaired) electrons. The molecule has 1 aliphatic heterocycles. The lowest BCUT2D eigenvalue weighted by Crippen LogP contribution is -2.44. The molecular formula is C10H16N4O2. The number of morpholine rings is 1. The summed E-state index contributed by atoms with van der Waals surface area (Å²) in [4.78, 5) is 13.8. The molecular weight excluding hydrogens is 208 g/mol. The van der Waals surface area contributed by atoms with E-state index in [4.69, 9.17) is 10.5 Å². The summed E-state index contributed by atoms with van der Waals surface area (Å²) in [6.45, 7) is 3.70. The second-order valence-corrected chi connectivity index (χ2v) is 4.04. The molecule has 1 saturated heterocycles. The molecule has 2 N–H and O–H groups in total. The van der Waals surface area contributed by atoms with E-state index in [1.165, 1.54) is 0 Å². The highest BCUT2D eigenvalue weighted by molar-refractivity contribution is 5.97. The van der Waals surface area contributed by atoms with E-state index < -0.39 is 0 Å². The van der Waals surface area contributed by atoms with Gasteiger partial charge in [-0.05, 0) is 6.92 Å². The zero-order valence-electron chi connectivity index (χ0n) is 9.51. The van der Waals surface area contributed by atoms with Crippen LogP contribution in [0.5, 0.6) is 0 Å². The zero-order valence-corrected chi connectivity index (χ0v) is 9.51. The van der Waals surface area contributed by atoms with Crippen molar-refractivity contribution < 1.29 is 9.53 Å². The minimum atomic E-state index is -0.117. The molecule has 0 saturated carbocycles. The first-order chi connectivity index (χ1) is 7.58. The molecule has 0 aromatic carbocycles. The van der Waals surface area contributed by atoms with Gasteiger partial charge in [-0.1, -0.05) is 0 Å². The molecule has 16 heavy (non-hydrogen) atoms. The Bertz CT molecular complexity index is 402. The summed E-state index contributed by atoms with van der Waals surface area (Å²) in [5.41, 5.74) is 6.47. The Kier molecular flexibility index (Phi) is 2.82. The van der Waals surface area contributed by atoms with Gasteiger partial charge in [0.05, 0.1) is 18.4 Å². The number of hydrogen-bond acceptors (Lipinski definition) is 4. The van der Waals surface area contributed by atoms with Crippen molar-refractivity contribution in [2.45, 2.75) is 13.0 Å². The first-order valence-electron chi connectivity index (χ1n) is 5.28. The smallest absolute Gasteiger partial charge is 0.276 e. The number of rotatable bonds is 1. The highest BCUT2D eigenvalue weighted by Gasteiger charge is 2.25. The predicted molar refractivity (Wildman–Crippen MR) is 58.9 cm³/mol. The van der Waals surface area contributed by atoms with Gasteiger partial charge in [-0.25, -0.2) is 0 Å². The van der Waals surface area contributed by atoms with Crippen LogP contribution in [-0.4, -0.2) is 46.4 Å². The van der Waals surface area contributed by atoms with E-state index in [2.05, 4.69) is 5.10 Å². The second kappa shape index (κ2) is 4.13. The van der Waals surface area contributed by atoms with Crippen LogP contribution in [0.15, 0.2) is 6.20 Å². The number of carbonyl (C=O) groups is 1. The number of aryl methyl sites for hydroxylation is 1. The van der Waals surface area contributed by atoms with Crippen LogP contribution in [0.4, 0.5) is 5.69 Å². The van der Waals surface area contributed by atoms with Crippen molar-refractivity contribution in [3.8, 4) is 0 Å². The van der Waals surface area contributed by atoms with Crippen molar-refractivity contribution in [1.29, 1.82) is 0 Å². The van der Waals surface area contributed by atoms with Gasteiger partial charge in [-0.15, -0.1) is 0 Å². The molecule has 6 heteroatoms. The van der Waals surface area contributed by atoms with Crippen LogP contribution in [0.1, 0.15) is 17.4 Å². The van der Waals surface area contributed by atoms with E-state index in [1.54, 1.807) is 22.8 Å². The van der Waals surface area contributed by atoms with E-state index in [1.807, 2.05) is 6.92 Å². The molecule has 1 fully saturated rings. The van der Waals surface area contributed by atoms with Crippen molar-refractivity contribution in [2.75, 3.05) is 25.4 Å². The zero-order chi connectivity index (χ0) is 11.7. The Morgan fingerprint density at radius 2 is 2.44 bits per heavy atom. The number of anilines is 1. The summed E-state index contributed by atoms with van der Waals surface area (Å²) in [5, 5.41) is 4.07. The lowest BCUT2D eigenvalue weighted by Gasteiger charge is -2.30. The Labute approximate surface area is 94.0 Å². The molecule has 1 atom stereocenters. The minimum absolute atomic E-state index is 0.0719. The van der Waals surface area contributed by atoms with Crippen molar-refractivity contribution in [3.05, 3.63) is 11.9 Å². The number of carbonyl (C=O) groups excluding carboxylic acids is 1. The molecule has 1 unspecified atom stereocenters. The van der Waals surface area contributed by atoms with Crippen LogP contribution in [0.3, 0.4) is 0 Å². The Hall–Kier alpha value is -1.56. The fourth-order valence-electron chi connectivity index (χ4n) is 1.83. The van der Waals surface area contributed by atoms with Crippen molar-refractivity contribution in [2.24, 2.45) is 7.05 Å². The molecule has 2 heterocycles. The normalized spacial score (nSPS) is 21.1. The lowest BCUT2D eigenvalue weighted by molar-refractivity contribution is -0.0126. The van der Waals surface area contributed by atoms with Crippen LogP contribution < -0.4 is 5.73 Å². The van der Waals surface area contributed by atoms with E-state index in [-0.39, 0.29) is 12.0 Å². The molecule has 1 aromatic rings. The van der Waals surface area contributed by atoms with Crippen molar-refractivity contribution in [1.82, 2.24) is 14.7 Å². The number of nitrogen functional groups attached to an aromatic ring is 1. The summed E-state index contributed by atoms with van der Waals surface area (Å²) in [7, 11) is 1.75. The molecule has 2 rings (SSSR count). The second-order valence-electron chi connectivity index (χ2n) is 4.04. The van der Waals surface area contributed by atoms with E-state index in [9.17, 15) is 4.79 Å². The first-order valence-corrected chi connectivity index (χ1v) is 5.28. The monoisotopic (exact) mass is 224 g/mol. The fourth-order valence-corrected chi connectivity index (χ4v) is 1.83. The number of nitrogens with two attached hydrogens (primary N) is 1. The molecule has 0 bridgehead atoms. The van der Waals surface area contributed by atoms with Crippen LogP contribution in [0.25, 0.3) is 0 Å². The van der Waals surface area contributed by atoms with E-state index >= 15 is 0 Å². The minimum Gasteiger partial charge on any atom is -0.396 e. The van der Waals surface area contributed by atoms with Gasteiger partial charge in [0, 0.05) is 26.3 Å². The van der Waals surface area contributed by atoms with Crippen LogP contribution in [0, 0.1) is 0 Å². The van der Waals surface area contributed by atoms with Crippen LogP contribution in [0.2, 0.25) is 0 Å². The molecule has 88 valence electrons. The Morgan fingerprint density at radius 1 is 1.69 bits per heavy atom. The highest BCUT2D eigenvalue weighted by atomic mass is 16.5. The average Bonchev–Trinajstić information content (AvgIpc) is 2.57. The van der Waals surface area contributed by atoms with Gasteiger partial charge >= 0.3 is 0 Å². The molecule has 1 aromatic heterocycles. The highest BCUT2D eigenvalue weighted by Crippen LogP contribution is 2.14. The van der Waals surface area contributed by atoms with Gasteiger partial charge < -0.3 is 15.4 Å². The molecule has 6 nitrogen and oxygen atoms in total. The predicted octanol–water partition coefficient (Wildman–Crippen LogP) is -0.137. The van der Waals surface area contributed by atoms with Crippen LogP contribution >= 0.6 is 0 Å². The van der Waals surface area contributed by atoms with Gasteiger partial charge in [-0.3, -0.25) is 9.48 Å². The quantitative estimate of drug-likeness (QED) is 0.720. The van der Waals surface area contributed by atoms with Gasteiger partial charge in [0.2, 0.25) is 0 Å². The van der Waals surface area contributed by atoms with Gasteiger partial charge in [-0.2, -0.15) is 5.10 Å². The Morgan fingerprint density at radius 3 is 3.00 bits per heavy atom. The lowest BCUT2D eigenvalue weighted by atomic mass is 10.2. The number of ether oxygens (including phenoxy) is 1. The number of hydrogen-bond donors (Lipinski definition) is 1. The van der Waals surface area contributed by atoms with Gasteiger partial charge in [0.1, 0.15) is 0 Å². The molecule has 1 amide bonds. The molecule has 0 spiro atoms. The number of amides is 1. The fraction of sp³-hybridized carbons (Fsp3) is 0.600. The van der Waals surface area contributed by atoms with E-state index in [0.717, 1.165) is 0 Å². The van der Waals surface area contributed by atoms with Gasteiger partial charge in [0.25, 0.3) is 5.91 Å². The summed E-state index contributed by atoms with van der Waals surface area (Å²) < 4.78 is 6.93. The third-order valence-electron chi connectivity index (χ3n) is 2.59. The molecule has 1 aliphatic rings.